The van der Waals surface area contributed by atoms with E-state index in [-0.39, 0.29) is 11.2 Å². The lowest BCUT2D eigenvalue weighted by molar-refractivity contribution is -0.115. The molecule has 1 aromatic carbocycles. The molecule has 0 spiro atoms. The largest absolute Gasteiger partial charge is 0.493 e. The molecule has 0 bridgehead atoms. The number of nitrogens with zero attached hydrogens (tertiary/aromatic N) is 4. The zero-order chi connectivity index (χ0) is 18.7. The monoisotopic (exact) mass is 379 g/mol. The maximum Gasteiger partial charge on any atom is 0.237 e. The SMILES string of the molecule is COc1cc(NC(=O)C(C)Sc2nnnn2C2CC2)cc(OC)c1OC. The zero-order valence-corrected chi connectivity index (χ0v) is 15.9. The average Bonchev–Trinajstić information content (AvgIpc) is 3.39. The second-order valence-corrected chi connectivity index (χ2v) is 7.11. The summed E-state index contributed by atoms with van der Waals surface area (Å²) in [4.78, 5) is 12.6. The molecule has 1 fully saturated rings. The molecule has 1 atom stereocenters. The van der Waals surface area contributed by atoms with Crippen LogP contribution in [0.3, 0.4) is 0 Å². The number of anilines is 1. The lowest BCUT2D eigenvalue weighted by Crippen LogP contribution is -2.23. The molecule has 1 unspecified atom stereocenters. The van der Waals surface area contributed by atoms with Gasteiger partial charge >= 0.3 is 0 Å². The fourth-order valence-corrected chi connectivity index (χ4v) is 3.28. The van der Waals surface area contributed by atoms with Crippen molar-refractivity contribution in [2.24, 2.45) is 0 Å². The van der Waals surface area contributed by atoms with Gasteiger partial charge in [-0.2, -0.15) is 0 Å². The summed E-state index contributed by atoms with van der Waals surface area (Å²) >= 11 is 1.33. The topological polar surface area (TPSA) is 100 Å². The fourth-order valence-electron chi connectivity index (χ4n) is 2.42. The number of ether oxygens (including phenoxy) is 3. The number of nitrogens with one attached hydrogen (secondary N) is 1. The van der Waals surface area contributed by atoms with E-state index < -0.39 is 0 Å². The molecule has 10 heteroatoms. The lowest BCUT2D eigenvalue weighted by Gasteiger charge is -2.16. The lowest BCUT2D eigenvalue weighted by atomic mass is 10.2. The number of tetrazole rings is 1. The van der Waals surface area contributed by atoms with Gasteiger partial charge in [0.05, 0.1) is 32.6 Å². The van der Waals surface area contributed by atoms with Gasteiger partial charge in [0.2, 0.25) is 16.8 Å². The van der Waals surface area contributed by atoms with Crippen molar-refractivity contribution < 1.29 is 19.0 Å². The molecule has 1 aliphatic carbocycles. The van der Waals surface area contributed by atoms with E-state index in [1.54, 1.807) is 16.8 Å². The van der Waals surface area contributed by atoms with Crippen molar-refractivity contribution in [1.82, 2.24) is 20.2 Å². The van der Waals surface area contributed by atoms with E-state index in [1.165, 1.54) is 33.1 Å². The van der Waals surface area contributed by atoms with Crippen molar-refractivity contribution >= 4 is 23.4 Å². The minimum absolute atomic E-state index is 0.172. The van der Waals surface area contributed by atoms with Crippen LogP contribution in [0.2, 0.25) is 0 Å². The van der Waals surface area contributed by atoms with Crippen LogP contribution in [-0.4, -0.2) is 52.7 Å². The Morgan fingerprint density at radius 1 is 1.23 bits per heavy atom. The average molecular weight is 379 g/mol. The molecule has 0 saturated heterocycles. The molecule has 26 heavy (non-hydrogen) atoms. The van der Waals surface area contributed by atoms with E-state index in [9.17, 15) is 4.79 Å². The van der Waals surface area contributed by atoms with E-state index in [0.29, 0.717) is 34.1 Å². The van der Waals surface area contributed by atoms with Crippen LogP contribution in [0.15, 0.2) is 17.3 Å². The Labute approximate surface area is 155 Å². The van der Waals surface area contributed by atoms with Crippen LogP contribution in [0.1, 0.15) is 25.8 Å². The van der Waals surface area contributed by atoms with Gasteiger partial charge in [-0.25, -0.2) is 4.68 Å². The summed E-state index contributed by atoms with van der Waals surface area (Å²) in [6.07, 6.45) is 2.15. The molecule has 1 saturated carbocycles. The van der Waals surface area contributed by atoms with Crippen molar-refractivity contribution in [2.45, 2.75) is 36.2 Å². The van der Waals surface area contributed by atoms with Crippen molar-refractivity contribution in [3.63, 3.8) is 0 Å². The van der Waals surface area contributed by atoms with E-state index in [2.05, 4.69) is 20.8 Å². The summed E-state index contributed by atoms with van der Waals surface area (Å²) < 4.78 is 17.7. The number of carbonyl (C=O) groups is 1. The minimum Gasteiger partial charge on any atom is -0.493 e. The first kappa shape index (κ1) is 18.3. The number of amides is 1. The Hall–Kier alpha value is -2.49. The smallest absolute Gasteiger partial charge is 0.237 e. The first-order valence-electron chi connectivity index (χ1n) is 8.12. The van der Waals surface area contributed by atoms with Gasteiger partial charge in [-0.05, 0) is 30.2 Å². The fraction of sp³-hybridized carbons (Fsp3) is 0.500. The highest BCUT2D eigenvalue weighted by Gasteiger charge is 2.29. The first-order valence-corrected chi connectivity index (χ1v) is 9.00. The van der Waals surface area contributed by atoms with Gasteiger partial charge in [0.15, 0.2) is 11.5 Å². The second-order valence-electron chi connectivity index (χ2n) is 5.80. The molecule has 1 heterocycles. The molecular formula is C16H21N5O4S. The van der Waals surface area contributed by atoms with Crippen molar-refractivity contribution in [3.8, 4) is 17.2 Å². The number of aromatic nitrogens is 4. The third-order valence-electron chi connectivity index (χ3n) is 3.94. The summed E-state index contributed by atoms with van der Waals surface area (Å²) in [6, 6.07) is 3.73. The number of hydrogen-bond donors (Lipinski definition) is 1. The Morgan fingerprint density at radius 3 is 2.42 bits per heavy atom. The predicted molar refractivity (Wildman–Crippen MR) is 96.1 cm³/mol. The van der Waals surface area contributed by atoms with Crippen LogP contribution >= 0.6 is 11.8 Å². The highest BCUT2D eigenvalue weighted by molar-refractivity contribution is 8.00. The van der Waals surface area contributed by atoms with E-state index in [4.69, 9.17) is 14.2 Å². The molecule has 0 aliphatic heterocycles. The van der Waals surface area contributed by atoms with Gasteiger partial charge in [0, 0.05) is 17.8 Å². The molecule has 0 radical (unpaired) electrons. The maximum absolute atomic E-state index is 12.6. The van der Waals surface area contributed by atoms with Crippen LogP contribution in [0.5, 0.6) is 17.2 Å². The van der Waals surface area contributed by atoms with Gasteiger partial charge in [-0.1, -0.05) is 11.8 Å². The maximum atomic E-state index is 12.6. The molecule has 140 valence electrons. The second kappa shape index (κ2) is 7.81. The Balaban J connectivity index is 1.71. The van der Waals surface area contributed by atoms with E-state index in [0.717, 1.165) is 12.8 Å². The zero-order valence-electron chi connectivity index (χ0n) is 15.1. The van der Waals surface area contributed by atoms with Gasteiger partial charge in [-0.15, -0.1) is 5.10 Å². The molecule has 1 aliphatic rings. The number of carbonyl (C=O) groups excluding carboxylic acids is 1. The molecule has 1 amide bonds. The standard InChI is InChI=1S/C16H21N5O4S/c1-9(26-16-18-19-20-21(16)11-5-6-11)15(22)17-10-7-12(23-2)14(25-4)13(8-10)24-3/h7-9,11H,5-6H2,1-4H3,(H,17,22). The summed E-state index contributed by atoms with van der Waals surface area (Å²) in [5, 5.41) is 14.9. The van der Waals surface area contributed by atoms with Crippen LogP contribution in [0.4, 0.5) is 5.69 Å². The molecule has 2 aromatic rings. The van der Waals surface area contributed by atoms with Gasteiger partial charge < -0.3 is 19.5 Å². The summed E-state index contributed by atoms with van der Waals surface area (Å²) in [7, 11) is 4.58. The normalized spacial score (nSPS) is 14.6. The van der Waals surface area contributed by atoms with E-state index >= 15 is 0 Å². The Bertz CT molecular complexity index is 768. The van der Waals surface area contributed by atoms with Crippen molar-refractivity contribution in [3.05, 3.63) is 12.1 Å². The number of hydrogen-bond acceptors (Lipinski definition) is 8. The molecule has 3 rings (SSSR count). The highest BCUT2D eigenvalue weighted by Crippen LogP contribution is 2.40. The van der Waals surface area contributed by atoms with Crippen LogP contribution in [-0.2, 0) is 4.79 Å². The quantitative estimate of drug-likeness (QED) is 0.697. The van der Waals surface area contributed by atoms with Crippen molar-refractivity contribution in [1.29, 1.82) is 0 Å². The molecular weight excluding hydrogens is 358 g/mol. The van der Waals surface area contributed by atoms with Gasteiger partial charge in [-0.3, -0.25) is 4.79 Å². The van der Waals surface area contributed by atoms with Gasteiger partial charge in [0.25, 0.3) is 0 Å². The summed E-state index contributed by atoms with van der Waals surface area (Å²) in [5.74, 6) is 1.24. The molecule has 9 nitrogen and oxygen atoms in total. The minimum atomic E-state index is -0.377. The summed E-state index contributed by atoms with van der Waals surface area (Å²) in [6.45, 7) is 1.81. The highest BCUT2D eigenvalue weighted by atomic mass is 32.2. The third-order valence-corrected chi connectivity index (χ3v) is 4.99. The number of thioether (sulfide) groups is 1. The number of methoxy groups -OCH3 is 3. The molecule has 1 N–H and O–H groups in total. The predicted octanol–water partition coefficient (Wildman–Crippen LogP) is 2.15. The van der Waals surface area contributed by atoms with E-state index in [1.807, 2.05) is 6.92 Å². The third kappa shape index (κ3) is 3.85. The Morgan fingerprint density at radius 2 is 1.88 bits per heavy atom. The van der Waals surface area contributed by atoms with Crippen molar-refractivity contribution in [2.75, 3.05) is 26.6 Å². The van der Waals surface area contributed by atoms with Gasteiger partial charge in [0.1, 0.15) is 0 Å². The Kier molecular flexibility index (Phi) is 5.50. The first-order chi connectivity index (χ1) is 12.6. The van der Waals surface area contributed by atoms with Crippen LogP contribution in [0.25, 0.3) is 0 Å². The van der Waals surface area contributed by atoms with Crippen LogP contribution in [0, 0.1) is 0 Å². The summed E-state index contributed by atoms with van der Waals surface area (Å²) in [5.41, 5.74) is 0.554. The molecule has 1 aromatic heterocycles. The number of benzene rings is 1. The number of rotatable bonds is 8. The van der Waals surface area contributed by atoms with Crippen LogP contribution < -0.4 is 19.5 Å².